The van der Waals surface area contributed by atoms with Gasteiger partial charge in [-0.05, 0) is 94.4 Å². The summed E-state index contributed by atoms with van der Waals surface area (Å²) in [6.07, 6.45) is 13.1. The standard InChI is InChI=1S/C43H45F3N6O6/c1-51(21-7-3-4-10-27-11-5-6-14-34(27)58-35-15-8-12-30-38(35)41(55)49-42(56)39(30)53)24-26-17-19-29(20-18-26)52-25-28-22-33(36(57-2)23-32(28)50-52)48-40(54)31-13-9-16-37(47-31)43(44,45)46/h5-6,8-9,11-16,22-23,25-27,29,34H,3-4,7,10,17-21,24H2,1-2H3,(H,48,54)(H,49,55,56). The molecular formula is C43H45F3N6O6. The van der Waals surface area contributed by atoms with Gasteiger partial charge in [-0.1, -0.05) is 43.2 Å². The lowest BCUT2D eigenvalue weighted by Gasteiger charge is -2.31. The van der Waals surface area contributed by atoms with Gasteiger partial charge in [-0.25, -0.2) is 4.98 Å². The molecule has 1 fully saturated rings. The maximum Gasteiger partial charge on any atom is 0.433 e. The highest BCUT2D eigenvalue weighted by molar-refractivity contribution is 6.49. The lowest BCUT2D eigenvalue weighted by Crippen LogP contribution is -2.42. The number of nitrogens with one attached hydrogen (secondary N) is 2. The van der Waals surface area contributed by atoms with E-state index < -0.39 is 35.4 Å². The average Bonchev–Trinajstić information content (AvgIpc) is 3.63. The molecule has 304 valence electrons. The number of halogens is 3. The highest BCUT2D eigenvalue weighted by atomic mass is 19.4. The summed E-state index contributed by atoms with van der Waals surface area (Å²) in [5, 5.41) is 10.3. The lowest BCUT2D eigenvalue weighted by atomic mass is 9.85. The number of fused-ring (bicyclic) bond motifs is 2. The molecule has 3 heterocycles. The number of carbonyl (C=O) groups excluding carboxylic acids is 4. The van der Waals surface area contributed by atoms with Gasteiger partial charge in [0.1, 0.15) is 29.0 Å². The van der Waals surface area contributed by atoms with E-state index in [2.05, 4.69) is 33.6 Å². The summed E-state index contributed by atoms with van der Waals surface area (Å²) in [5.41, 5.74) is -0.344. The molecule has 2 aromatic heterocycles. The van der Waals surface area contributed by atoms with Crippen molar-refractivity contribution in [3.63, 3.8) is 0 Å². The van der Waals surface area contributed by atoms with Gasteiger partial charge in [0.05, 0.1) is 29.9 Å². The van der Waals surface area contributed by atoms with Crippen molar-refractivity contribution in [2.45, 2.75) is 69.7 Å². The topological polar surface area (TPSA) is 145 Å². The first-order valence-electron chi connectivity index (χ1n) is 19.5. The molecule has 2 aliphatic carbocycles. The fourth-order valence-electron chi connectivity index (χ4n) is 8.06. The second-order valence-corrected chi connectivity index (χ2v) is 15.2. The summed E-state index contributed by atoms with van der Waals surface area (Å²) < 4.78 is 53.2. The number of ketones is 1. The van der Waals surface area contributed by atoms with E-state index >= 15 is 0 Å². The van der Waals surface area contributed by atoms with E-state index in [1.54, 1.807) is 24.3 Å². The van der Waals surface area contributed by atoms with Crippen LogP contribution in [-0.4, -0.2) is 76.5 Å². The Morgan fingerprint density at radius 1 is 0.966 bits per heavy atom. The summed E-state index contributed by atoms with van der Waals surface area (Å²) >= 11 is 0. The fraction of sp³-hybridized carbons (Fsp3) is 0.395. The molecule has 15 heteroatoms. The number of hydrogen-bond donors (Lipinski definition) is 2. The van der Waals surface area contributed by atoms with Crippen molar-refractivity contribution in [1.29, 1.82) is 0 Å². The molecule has 7 rings (SSSR count). The van der Waals surface area contributed by atoms with Crippen molar-refractivity contribution in [2.24, 2.45) is 11.8 Å². The van der Waals surface area contributed by atoms with Crippen LogP contribution in [0.3, 0.4) is 0 Å². The quantitative estimate of drug-likeness (QED) is 0.0750. The average molecular weight is 799 g/mol. The van der Waals surface area contributed by atoms with E-state index in [0.717, 1.165) is 82.0 Å². The van der Waals surface area contributed by atoms with Crippen LogP contribution in [0.5, 0.6) is 11.5 Å². The number of amides is 3. The van der Waals surface area contributed by atoms with E-state index in [4.69, 9.17) is 14.6 Å². The Hall–Kier alpha value is -5.83. The van der Waals surface area contributed by atoms with E-state index in [1.165, 1.54) is 19.2 Å². The minimum Gasteiger partial charge on any atom is -0.494 e. The number of carbonyl (C=O) groups is 4. The number of nitrogens with zero attached hydrogens (tertiary/aromatic N) is 4. The Kier molecular flexibility index (Phi) is 12.1. The highest BCUT2D eigenvalue weighted by Gasteiger charge is 2.35. The number of ether oxygens (including phenoxy) is 2. The number of Topliss-reactive ketones (excluding diaryl/α,β-unsaturated/α-hetero) is 1. The summed E-state index contributed by atoms with van der Waals surface area (Å²) in [6, 6.07) is 11.6. The van der Waals surface area contributed by atoms with E-state index in [0.29, 0.717) is 22.9 Å². The molecule has 3 aliphatic rings. The van der Waals surface area contributed by atoms with Gasteiger partial charge in [0.25, 0.3) is 23.5 Å². The molecule has 4 aromatic rings. The molecule has 2 unspecified atom stereocenters. The van der Waals surface area contributed by atoms with Crippen molar-refractivity contribution >= 4 is 40.1 Å². The van der Waals surface area contributed by atoms with Gasteiger partial charge >= 0.3 is 6.18 Å². The number of rotatable bonds is 14. The second-order valence-electron chi connectivity index (χ2n) is 15.2. The van der Waals surface area contributed by atoms with Gasteiger partial charge in [-0.3, -0.25) is 29.2 Å². The largest absolute Gasteiger partial charge is 0.494 e. The molecule has 2 aromatic carbocycles. The Labute approximate surface area is 333 Å². The van der Waals surface area contributed by atoms with Crippen molar-refractivity contribution in [1.82, 2.24) is 25.0 Å². The van der Waals surface area contributed by atoms with Crippen LogP contribution in [0.2, 0.25) is 0 Å². The van der Waals surface area contributed by atoms with Crippen LogP contribution in [0.25, 0.3) is 10.9 Å². The highest BCUT2D eigenvalue weighted by Crippen LogP contribution is 2.36. The normalized spacial score (nSPS) is 20.6. The van der Waals surface area contributed by atoms with E-state index in [9.17, 15) is 32.3 Å². The van der Waals surface area contributed by atoms with E-state index in [-0.39, 0.29) is 40.6 Å². The zero-order chi connectivity index (χ0) is 41.0. The van der Waals surface area contributed by atoms with Crippen molar-refractivity contribution in [2.75, 3.05) is 32.6 Å². The molecule has 12 nitrogen and oxygen atoms in total. The number of unbranched alkanes of at least 4 members (excludes halogenated alkanes) is 2. The molecule has 0 radical (unpaired) electrons. The zero-order valence-electron chi connectivity index (χ0n) is 32.3. The van der Waals surface area contributed by atoms with Crippen LogP contribution in [-0.2, 0) is 11.0 Å². The Bertz CT molecular complexity index is 2260. The number of benzene rings is 2. The Morgan fingerprint density at radius 3 is 2.52 bits per heavy atom. The summed E-state index contributed by atoms with van der Waals surface area (Å²) in [5.74, 6) is -1.78. The smallest absolute Gasteiger partial charge is 0.433 e. The molecular weight excluding hydrogens is 754 g/mol. The van der Waals surface area contributed by atoms with Crippen molar-refractivity contribution < 1.29 is 41.8 Å². The zero-order valence-corrected chi connectivity index (χ0v) is 32.3. The van der Waals surface area contributed by atoms with Crippen LogP contribution >= 0.6 is 0 Å². The maximum atomic E-state index is 13.2. The predicted octanol–water partition coefficient (Wildman–Crippen LogP) is 7.58. The lowest BCUT2D eigenvalue weighted by molar-refractivity contribution is -0.141. The maximum absolute atomic E-state index is 13.2. The third-order valence-corrected chi connectivity index (χ3v) is 11.1. The number of allylic oxidation sites excluding steroid dienone is 2. The van der Waals surface area contributed by atoms with Crippen LogP contribution in [0.15, 0.2) is 79.0 Å². The minimum absolute atomic E-state index is 0.0608. The van der Waals surface area contributed by atoms with Crippen LogP contribution in [0.4, 0.5) is 18.9 Å². The second kappa shape index (κ2) is 17.3. The van der Waals surface area contributed by atoms with Gasteiger partial charge in [-0.2, -0.15) is 18.3 Å². The number of aromatic nitrogens is 3. The predicted molar refractivity (Wildman–Crippen MR) is 210 cm³/mol. The number of methoxy groups -OCH3 is 1. The first-order valence-corrected chi connectivity index (χ1v) is 19.5. The molecule has 2 N–H and O–H groups in total. The molecule has 58 heavy (non-hydrogen) atoms. The Balaban J connectivity index is 0.852. The molecule has 2 atom stereocenters. The van der Waals surface area contributed by atoms with Gasteiger partial charge in [0, 0.05) is 35.7 Å². The number of imide groups is 1. The van der Waals surface area contributed by atoms with Gasteiger partial charge < -0.3 is 19.7 Å². The van der Waals surface area contributed by atoms with Crippen molar-refractivity contribution in [3.05, 3.63) is 102 Å². The molecule has 1 aliphatic heterocycles. The van der Waals surface area contributed by atoms with Crippen LogP contribution in [0, 0.1) is 11.8 Å². The molecule has 0 saturated heterocycles. The molecule has 1 saturated carbocycles. The van der Waals surface area contributed by atoms with Crippen molar-refractivity contribution in [3.8, 4) is 11.5 Å². The number of pyridine rings is 1. The third kappa shape index (κ3) is 9.14. The third-order valence-electron chi connectivity index (χ3n) is 11.1. The fourth-order valence-corrected chi connectivity index (χ4v) is 8.06. The van der Waals surface area contributed by atoms with Crippen LogP contribution in [0.1, 0.15) is 94.3 Å². The van der Waals surface area contributed by atoms with Gasteiger partial charge in [-0.15, -0.1) is 0 Å². The number of hydrogen-bond acceptors (Lipinski definition) is 9. The summed E-state index contributed by atoms with van der Waals surface area (Å²) in [6.45, 7) is 2.01. The Morgan fingerprint density at radius 2 is 1.74 bits per heavy atom. The monoisotopic (exact) mass is 798 g/mol. The molecule has 0 spiro atoms. The first-order chi connectivity index (χ1) is 27.9. The summed E-state index contributed by atoms with van der Waals surface area (Å²) in [7, 11) is 3.62. The molecule has 3 amide bonds. The molecule has 0 bridgehead atoms. The van der Waals surface area contributed by atoms with Crippen LogP contribution < -0.4 is 20.1 Å². The SMILES string of the molecule is COc1cc2nn(C3CCC(CN(C)CCCCCC4C=CC=CC4Oc4cccc5c4C(=O)NC(=O)C5=O)CC3)cc2cc1NC(=O)c1cccc(C(F)(F)F)n1. The van der Waals surface area contributed by atoms with Gasteiger partial charge in [0.15, 0.2) is 0 Å². The number of anilines is 1. The number of alkyl halides is 3. The summed E-state index contributed by atoms with van der Waals surface area (Å²) in [4.78, 5) is 55.5. The minimum atomic E-state index is -4.67. The first kappa shape index (κ1) is 40.4. The van der Waals surface area contributed by atoms with E-state index in [1.807, 2.05) is 29.1 Å². The van der Waals surface area contributed by atoms with Gasteiger partial charge in [0.2, 0.25) is 0 Å².